The van der Waals surface area contributed by atoms with Crippen molar-refractivity contribution in [2.45, 2.75) is 18.8 Å². The molecule has 1 N–H and O–H groups in total. The lowest BCUT2D eigenvalue weighted by atomic mass is 9.97. The Morgan fingerprint density at radius 3 is 2.72 bits per heavy atom. The zero-order chi connectivity index (χ0) is 16.1. The molecule has 2 heterocycles. The second-order valence-electron chi connectivity index (χ2n) is 5.84. The van der Waals surface area contributed by atoms with Crippen LogP contribution in [-0.2, 0) is 9.53 Å². The van der Waals surface area contributed by atoms with Crippen molar-refractivity contribution in [1.29, 1.82) is 0 Å². The number of piperidine rings is 1. The van der Waals surface area contributed by atoms with Crippen LogP contribution < -0.4 is 5.32 Å². The highest BCUT2D eigenvalue weighted by molar-refractivity contribution is 7.18. The van der Waals surface area contributed by atoms with E-state index in [2.05, 4.69) is 23.5 Å². The standard InChI is InChI=1S/C17H23N3O2S.2ClH/c1-22-11-8-18-12-16(21)20-9-6-13(7-10-20)17-19-14-4-2-3-5-15(14)23-17;;/h2-5,13,18H,6-12H2,1H3;2*1H. The third-order valence-electron chi connectivity index (χ3n) is 4.27. The van der Waals surface area contributed by atoms with Crippen molar-refractivity contribution in [3.8, 4) is 0 Å². The Hall–Kier alpha value is -0.920. The molecule has 5 nitrogen and oxygen atoms in total. The van der Waals surface area contributed by atoms with Crippen molar-refractivity contribution in [2.24, 2.45) is 0 Å². The summed E-state index contributed by atoms with van der Waals surface area (Å²) in [6, 6.07) is 8.28. The van der Waals surface area contributed by atoms with Crippen LogP contribution in [0.4, 0.5) is 0 Å². The lowest BCUT2D eigenvalue weighted by Crippen LogP contribution is -2.43. The van der Waals surface area contributed by atoms with E-state index in [1.807, 2.05) is 11.0 Å². The first-order chi connectivity index (χ1) is 11.3. The molecule has 3 rings (SSSR count). The van der Waals surface area contributed by atoms with E-state index in [0.29, 0.717) is 25.6 Å². The molecule has 1 aliphatic rings. The molecular weight excluding hydrogens is 381 g/mol. The Labute approximate surface area is 165 Å². The van der Waals surface area contributed by atoms with Gasteiger partial charge in [0, 0.05) is 32.7 Å². The van der Waals surface area contributed by atoms with E-state index in [4.69, 9.17) is 9.72 Å². The molecule has 1 amide bonds. The number of halogens is 2. The molecule has 0 saturated carbocycles. The Bertz CT molecular complexity index is 627. The molecule has 0 atom stereocenters. The van der Waals surface area contributed by atoms with Gasteiger partial charge in [-0.1, -0.05) is 12.1 Å². The predicted octanol–water partition coefficient (Wildman–Crippen LogP) is 3.08. The van der Waals surface area contributed by atoms with Crippen molar-refractivity contribution in [3.05, 3.63) is 29.3 Å². The van der Waals surface area contributed by atoms with E-state index in [0.717, 1.165) is 31.4 Å². The molecule has 0 bridgehead atoms. The highest BCUT2D eigenvalue weighted by Gasteiger charge is 2.25. The Balaban J connectivity index is 0.00000156. The number of hydrogen-bond donors (Lipinski definition) is 1. The Morgan fingerprint density at radius 2 is 2.04 bits per heavy atom. The summed E-state index contributed by atoms with van der Waals surface area (Å²) in [6.07, 6.45) is 2.01. The number of nitrogens with zero attached hydrogens (tertiary/aromatic N) is 2. The zero-order valence-corrected chi connectivity index (χ0v) is 16.7. The van der Waals surface area contributed by atoms with Crippen LogP contribution in [0.3, 0.4) is 0 Å². The van der Waals surface area contributed by atoms with Gasteiger partial charge in [-0.25, -0.2) is 4.98 Å². The Kier molecular flexibility index (Phi) is 9.67. The van der Waals surface area contributed by atoms with Crippen molar-refractivity contribution in [3.63, 3.8) is 0 Å². The van der Waals surface area contributed by atoms with Gasteiger partial charge in [0.25, 0.3) is 0 Å². The van der Waals surface area contributed by atoms with E-state index in [1.54, 1.807) is 18.4 Å². The molecule has 0 aliphatic carbocycles. The summed E-state index contributed by atoms with van der Waals surface area (Å²) in [4.78, 5) is 18.9. The largest absolute Gasteiger partial charge is 0.383 e. The molecule has 2 aromatic rings. The fourth-order valence-corrected chi connectivity index (χ4v) is 4.06. The topological polar surface area (TPSA) is 54.5 Å². The van der Waals surface area contributed by atoms with E-state index >= 15 is 0 Å². The number of rotatable bonds is 6. The van der Waals surface area contributed by atoms with Gasteiger partial charge in [0.2, 0.25) is 5.91 Å². The van der Waals surface area contributed by atoms with Crippen LogP contribution in [0.25, 0.3) is 10.2 Å². The highest BCUT2D eigenvalue weighted by Crippen LogP contribution is 2.33. The number of hydrogen-bond acceptors (Lipinski definition) is 5. The van der Waals surface area contributed by atoms with E-state index in [1.165, 1.54) is 9.71 Å². The van der Waals surface area contributed by atoms with Crippen molar-refractivity contribution in [2.75, 3.05) is 39.9 Å². The number of aromatic nitrogens is 1. The number of ether oxygens (including phenoxy) is 1. The second kappa shape index (κ2) is 10.9. The van der Waals surface area contributed by atoms with Gasteiger partial charge in [-0.15, -0.1) is 36.2 Å². The lowest BCUT2D eigenvalue weighted by molar-refractivity contribution is -0.131. The van der Waals surface area contributed by atoms with Gasteiger partial charge in [0.1, 0.15) is 0 Å². The number of amides is 1. The molecule has 1 saturated heterocycles. The maximum absolute atomic E-state index is 12.2. The summed E-state index contributed by atoms with van der Waals surface area (Å²) < 4.78 is 6.22. The van der Waals surface area contributed by atoms with Crippen LogP contribution in [0.5, 0.6) is 0 Å². The van der Waals surface area contributed by atoms with Gasteiger partial charge in [-0.2, -0.15) is 0 Å². The number of carbonyl (C=O) groups is 1. The number of methoxy groups -OCH3 is 1. The molecule has 0 spiro atoms. The maximum atomic E-state index is 12.2. The van der Waals surface area contributed by atoms with Gasteiger partial charge in [-0.3, -0.25) is 4.79 Å². The fraction of sp³-hybridized carbons (Fsp3) is 0.529. The molecule has 0 radical (unpaired) electrons. The summed E-state index contributed by atoms with van der Waals surface area (Å²) >= 11 is 1.79. The number of thiazole rings is 1. The normalized spacial score (nSPS) is 14.8. The third-order valence-corrected chi connectivity index (χ3v) is 5.47. The molecule has 1 fully saturated rings. The number of benzene rings is 1. The average molecular weight is 406 g/mol. The molecule has 8 heteroatoms. The van der Waals surface area contributed by atoms with E-state index < -0.39 is 0 Å². The maximum Gasteiger partial charge on any atom is 0.236 e. The molecule has 1 aliphatic heterocycles. The SMILES string of the molecule is COCCNCC(=O)N1CCC(c2nc3ccccc3s2)CC1.Cl.Cl. The van der Waals surface area contributed by atoms with Crippen LogP contribution in [0.2, 0.25) is 0 Å². The van der Waals surface area contributed by atoms with E-state index in [9.17, 15) is 4.79 Å². The van der Waals surface area contributed by atoms with Crippen LogP contribution in [-0.4, -0.2) is 55.7 Å². The third kappa shape index (κ3) is 5.79. The first-order valence-corrected chi connectivity index (χ1v) is 8.92. The summed E-state index contributed by atoms with van der Waals surface area (Å²) in [7, 11) is 1.66. The summed E-state index contributed by atoms with van der Waals surface area (Å²) in [5, 5.41) is 4.34. The molecule has 0 unspecified atom stereocenters. The predicted molar refractivity (Wildman–Crippen MR) is 107 cm³/mol. The van der Waals surface area contributed by atoms with Gasteiger partial charge in [0.15, 0.2) is 0 Å². The molecule has 1 aromatic heterocycles. The van der Waals surface area contributed by atoms with Crippen LogP contribution >= 0.6 is 36.2 Å². The number of fused-ring (bicyclic) bond motifs is 1. The minimum Gasteiger partial charge on any atom is -0.383 e. The van der Waals surface area contributed by atoms with Crippen LogP contribution in [0.1, 0.15) is 23.8 Å². The number of likely N-dealkylation sites (tertiary alicyclic amines) is 1. The lowest BCUT2D eigenvalue weighted by Gasteiger charge is -2.31. The zero-order valence-electron chi connectivity index (χ0n) is 14.3. The monoisotopic (exact) mass is 405 g/mol. The Morgan fingerprint density at radius 1 is 1.32 bits per heavy atom. The van der Waals surface area contributed by atoms with Crippen molar-refractivity contribution >= 4 is 52.3 Å². The highest BCUT2D eigenvalue weighted by atomic mass is 35.5. The van der Waals surface area contributed by atoms with E-state index in [-0.39, 0.29) is 30.7 Å². The molecule has 25 heavy (non-hydrogen) atoms. The summed E-state index contributed by atoms with van der Waals surface area (Å²) in [6.45, 7) is 3.39. The fourth-order valence-electron chi connectivity index (χ4n) is 2.92. The minimum atomic E-state index is 0. The van der Waals surface area contributed by atoms with Crippen LogP contribution in [0, 0.1) is 0 Å². The number of carbonyl (C=O) groups excluding carboxylic acids is 1. The number of nitrogens with one attached hydrogen (secondary N) is 1. The molecule has 140 valence electrons. The first-order valence-electron chi connectivity index (χ1n) is 8.11. The minimum absolute atomic E-state index is 0. The molecule has 1 aromatic carbocycles. The van der Waals surface area contributed by atoms with Crippen molar-refractivity contribution < 1.29 is 9.53 Å². The average Bonchev–Trinajstić information content (AvgIpc) is 3.03. The first kappa shape index (κ1) is 22.1. The van der Waals surface area contributed by atoms with Gasteiger partial charge < -0.3 is 15.0 Å². The summed E-state index contributed by atoms with van der Waals surface area (Å²) in [5.74, 6) is 0.668. The molecular formula is C17H25Cl2N3O2S. The number of para-hydroxylation sites is 1. The second-order valence-corrected chi connectivity index (χ2v) is 6.91. The van der Waals surface area contributed by atoms with Gasteiger partial charge in [0.05, 0.1) is 28.4 Å². The van der Waals surface area contributed by atoms with Crippen molar-refractivity contribution in [1.82, 2.24) is 15.2 Å². The quantitative estimate of drug-likeness (QED) is 0.750. The van der Waals surface area contributed by atoms with Gasteiger partial charge >= 0.3 is 0 Å². The summed E-state index contributed by atoms with van der Waals surface area (Å²) in [5.41, 5.74) is 1.09. The van der Waals surface area contributed by atoms with Crippen LogP contribution in [0.15, 0.2) is 24.3 Å². The smallest absolute Gasteiger partial charge is 0.236 e. The van der Waals surface area contributed by atoms with Gasteiger partial charge in [-0.05, 0) is 25.0 Å².